The molecule has 0 unspecified atom stereocenters. The van der Waals surface area contributed by atoms with Crippen molar-refractivity contribution in [2.24, 2.45) is 5.10 Å². The fraction of sp³-hybridized carbons (Fsp3) is 0.0588. The molecule has 2 aromatic carbocycles. The number of hydrazone groups is 1. The summed E-state index contributed by atoms with van der Waals surface area (Å²) in [5, 5.41) is 34.2. The van der Waals surface area contributed by atoms with Crippen LogP contribution in [0.4, 0.5) is 17.1 Å². The van der Waals surface area contributed by atoms with Gasteiger partial charge in [-0.05, 0) is 31.2 Å². The van der Waals surface area contributed by atoms with E-state index < -0.39 is 9.85 Å². The first-order valence-electron chi connectivity index (χ1n) is 7.67. The highest BCUT2D eigenvalue weighted by Crippen LogP contribution is 2.21. The monoisotopic (exact) mass is 367 g/mol. The predicted octanol–water partition coefficient (Wildman–Crippen LogP) is 3.56. The third-order valence-corrected chi connectivity index (χ3v) is 3.78. The Labute approximate surface area is 151 Å². The van der Waals surface area contributed by atoms with Crippen LogP contribution in [0.5, 0.6) is 0 Å². The van der Waals surface area contributed by atoms with Crippen molar-refractivity contribution in [1.82, 2.24) is 0 Å². The second-order valence-electron chi connectivity index (χ2n) is 5.58. The zero-order chi connectivity index (χ0) is 19.6. The quantitative estimate of drug-likeness (QED) is 0.400. The molecule has 136 valence electrons. The molecule has 3 aromatic rings. The van der Waals surface area contributed by atoms with Crippen LogP contribution in [0.2, 0.25) is 0 Å². The van der Waals surface area contributed by atoms with E-state index in [9.17, 15) is 20.2 Å². The Morgan fingerprint density at radius 3 is 2.30 bits per heavy atom. The highest BCUT2D eigenvalue weighted by Gasteiger charge is 2.11. The lowest BCUT2D eigenvalue weighted by Gasteiger charge is -2.05. The first-order chi connectivity index (χ1) is 12.8. The number of rotatable bonds is 5. The molecule has 0 saturated carbocycles. The van der Waals surface area contributed by atoms with E-state index in [1.54, 1.807) is 13.0 Å². The summed E-state index contributed by atoms with van der Waals surface area (Å²) in [5.74, 6) is 0. The molecular formula is C17H13N5O5. The van der Waals surface area contributed by atoms with Crippen molar-refractivity contribution in [3.05, 3.63) is 79.9 Å². The summed E-state index contributed by atoms with van der Waals surface area (Å²) in [5.41, 5.74) is 4.14. The molecule has 10 heteroatoms. The maximum absolute atomic E-state index is 10.9. The minimum absolute atomic E-state index is 0.0374. The van der Waals surface area contributed by atoms with Gasteiger partial charge in [0.2, 0.25) is 5.55 Å². The lowest BCUT2D eigenvalue weighted by Crippen LogP contribution is -2.13. The van der Waals surface area contributed by atoms with Crippen LogP contribution in [0.15, 0.2) is 58.0 Å². The second-order valence-corrected chi connectivity index (χ2v) is 5.58. The molecule has 0 radical (unpaired) electrons. The van der Waals surface area contributed by atoms with Crippen LogP contribution in [0.3, 0.4) is 0 Å². The van der Waals surface area contributed by atoms with Crippen molar-refractivity contribution in [2.75, 3.05) is 5.43 Å². The smallest absolute Gasteiger partial charge is 0.270 e. The van der Waals surface area contributed by atoms with Gasteiger partial charge in [0.15, 0.2) is 0 Å². The number of nitrogens with one attached hydrogen (secondary N) is 2. The summed E-state index contributed by atoms with van der Waals surface area (Å²) >= 11 is 0. The van der Waals surface area contributed by atoms with Crippen LogP contribution in [0, 0.1) is 25.6 Å². The minimum atomic E-state index is -0.509. The number of nitro benzene ring substituents is 2. The molecule has 3 rings (SSSR count). The Hall–Kier alpha value is -4.08. The number of anilines is 1. The summed E-state index contributed by atoms with van der Waals surface area (Å²) in [6.45, 7) is 1.64. The minimum Gasteiger partial charge on any atom is -0.438 e. The van der Waals surface area contributed by atoms with Crippen molar-refractivity contribution in [2.45, 2.75) is 6.92 Å². The predicted molar refractivity (Wildman–Crippen MR) is 97.7 cm³/mol. The second kappa shape index (κ2) is 7.04. The van der Waals surface area contributed by atoms with Gasteiger partial charge in [-0.15, -0.1) is 0 Å². The van der Waals surface area contributed by atoms with Gasteiger partial charge in [0, 0.05) is 29.7 Å². The highest BCUT2D eigenvalue weighted by molar-refractivity contribution is 6.00. The molecule has 0 aliphatic carbocycles. The van der Waals surface area contributed by atoms with Crippen molar-refractivity contribution >= 4 is 33.7 Å². The van der Waals surface area contributed by atoms with Crippen molar-refractivity contribution in [1.29, 1.82) is 5.41 Å². The molecule has 1 heterocycles. The number of hydrogen-bond acceptors (Lipinski definition) is 8. The zero-order valence-electron chi connectivity index (χ0n) is 14.0. The number of nitro groups is 2. The average molecular weight is 367 g/mol. The molecule has 0 saturated heterocycles. The molecule has 10 nitrogen and oxygen atoms in total. The van der Waals surface area contributed by atoms with Gasteiger partial charge in [-0.1, -0.05) is 0 Å². The topological polar surface area (TPSA) is 148 Å². The number of non-ortho nitro benzene ring substituents is 2. The average Bonchev–Trinajstić information content (AvgIpc) is 2.65. The maximum atomic E-state index is 10.9. The molecule has 0 aliphatic rings. The van der Waals surface area contributed by atoms with E-state index in [1.807, 2.05) is 0 Å². The largest absolute Gasteiger partial charge is 0.438 e. The summed E-state index contributed by atoms with van der Waals surface area (Å²) in [6, 6.07) is 11.4. The molecule has 0 bridgehead atoms. The summed E-state index contributed by atoms with van der Waals surface area (Å²) in [4.78, 5) is 20.6. The molecule has 0 atom stereocenters. The Bertz CT molecular complexity index is 1130. The SMILES string of the molecule is CC(=NNc1ccc([N+](=O)[O-])cc1)c1cc2cc([N+](=O)[O-])ccc2oc1=N. The van der Waals surface area contributed by atoms with E-state index >= 15 is 0 Å². The molecule has 2 N–H and O–H groups in total. The third kappa shape index (κ3) is 3.79. The van der Waals surface area contributed by atoms with Crippen molar-refractivity contribution in [3.63, 3.8) is 0 Å². The maximum Gasteiger partial charge on any atom is 0.270 e. The molecule has 0 amide bonds. The number of benzene rings is 2. The van der Waals surface area contributed by atoms with E-state index in [4.69, 9.17) is 9.83 Å². The van der Waals surface area contributed by atoms with Crippen LogP contribution >= 0.6 is 0 Å². The summed E-state index contributed by atoms with van der Waals surface area (Å²) < 4.78 is 5.40. The number of fused-ring (bicyclic) bond motifs is 1. The van der Waals surface area contributed by atoms with Gasteiger partial charge in [-0.25, -0.2) is 0 Å². The first-order valence-corrected chi connectivity index (χ1v) is 7.67. The fourth-order valence-electron chi connectivity index (χ4n) is 2.38. The van der Waals surface area contributed by atoms with Crippen LogP contribution in [-0.4, -0.2) is 15.6 Å². The van der Waals surface area contributed by atoms with E-state index in [-0.39, 0.29) is 16.9 Å². The Balaban J connectivity index is 1.91. The third-order valence-electron chi connectivity index (χ3n) is 3.78. The molecule has 0 aliphatic heterocycles. The van der Waals surface area contributed by atoms with E-state index in [1.165, 1.54) is 42.5 Å². The van der Waals surface area contributed by atoms with Gasteiger partial charge in [-0.3, -0.25) is 31.1 Å². The first kappa shape index (κ1) is 17.7. The van der Waals surface area contributed by atoms with Gasteiger partial charge in [0.1, 0.15) is 5.58 Å². The van der Waals surface area contributed by atoms with Gasteiger partial charge in [0.05, 0.1) is 26.8 Å². The van der Waals surface area contributed by atoms with Crippen LogP contribution in [0.25, 0.3) is 11.0 Å². The van der Waals surface area contributed by atoms with Crippen LogP contribution in [-0.2, 0) is 0 Å². The highest BCUT2D eigenvalue weighted by atomic mass is 16.6. The van der Waals surface area contributed by atoms with Gasteiger partial charge >= 0.3 is 0 Å². The molecule has 0 spiro atoms. The molecule has 0 fully saturated rings. The Morgan fingerprint density at radius 2 is 1.67 bits per heavy atom. The van der Waals surface area contributed by atoms with E-state index in [2.05, 4.69) is 10.5 Å². The van der Waals surface area contributed by atoms with Crippen molar-refractivity contribution in [3.8, 4) is 0 Å². The molecule has 27 heavy (non-hydrogen) atoms. The fourth-order valence-corrected chi connectivity index (χ4v) is 2.38. The summed E-state index contributed by atoms with van der Waals surface area (Å²) in [7, 11) is 0. The van der Waals surface area contributed by atoms with Gasteiger partial charge < -0.3 is 4.42 Å². The van der Waals surface area contributed by atoms with Crippen LogP contribution < -0.4 is 11.0 Å². The Kier molecular flexibility index (Phi) is 4.62. The standard InChI is InChI=1S/C17H13N5O5/c1-10(19-20-12-2-4-13(5-3-12)21(23)24)15-9-11-8-14(22(25)26)6-7-16(11)27-17(15)18/h2-9,18,20H,1H3. The normalized spacial score (nSPS) is 11.4. The van der Waals surface area contributed by atoms with Crippen LogP contribution in [0.1, 0.15) is 12.5 Å². The molecule has 1 aromatic heterocycles. The van der Waals surface area contributed by atoms with E-state index in [0.717, 1.165) is 0 Å². The number of nitrogens with zero attached hydrogens (tertiary/aromatic N) is 3. The van der Waals surface area contributed by atoms with Crippen molar-refractivity contribution < 1.29 is 14.3 Å². The Morgan fingerprint density at radius 1 is 1.04 bits per heavy atom. The lowest BCUT2D eigenvalue weighted by molar-refractivity contribution is -0.385. The van der Waals surface area contributed by atoms with Gasteiger partial charge in [-0.2, -0.15) is 5.10 Å². The molecular weight excluding hydrogens is 354 g/mol. The summed E-state index contributed by atoms with van der Waals surface area (Å²) in [6.07, 6.45) is 0. The number of hydrogen-bond donors (Lipinski definition) is 2. The van der Waals surface area contributed by atoms with Gasteiger partial charge in [0.25, 0.3) is 11.4 Å². The zero-order valence-corrected chi connectivity index (χ0v) is 14.0. The lowest BCUT2D eigenvalue weighted by atomic mass is 10.1. The van der Waals surface area contributed by atoms with E-state index in [0.29, 0.717) is 27.9 Å².